The van der Waals surface area contributed by atoms with Crippen molar-refractivity contribution in [3.8, 4) is 0 Å². The summed E-state index contributed by atoms with van der Waals surface area (Å²) in [5.74, 6) is 0.580. The zero-order valence-corrected chi connectivity index (χ0v) is 10.7. The van der Waals surface area contributed by atoms with E-state index in [0.29, 0.717) is 5.82 Å². The molecule has 0 bridgehead atoms. The summed E-state index contributed by atoms with van der Waals surface area (Å²) < 4.78 is 1.00. The molecular formula is C14H13N3S. The molecule has 0 atom stereocenters. The molecule has 1 aromatic carbocycles. The number of rotatable bonds is 3. The molecule has 0 fully saturated rings. The number of hydrogen-bond donors (Lipinski definition) is 1. The van der Waals surface area contributed by atoms with Crippen LogP contribution in [0, 0.1) is 0 Å². The number of fused-ring (bicyclic) bond motifs is 1. The number of nitrogens with zero attached hydrogens (tertiary/aromatic N) is 2. The zero-order valence-electron chi connectivity index (χ0n) is 9.84. The van der Waals surface area contributed by atoms with Crippen molar-refractivity contribution < 1.29 is 0 Å². The first-order valence-corrected chi connectivity index (χ1v) is 6.73. The van der Waals surface area contributed by atoms with Crippen molar-refractivity contribution in [1.82, 2.24) is 9.97 Å². The fraction of sp³-hybridized carbons (Fsp3) is 0.143. The Kier molecular flexibility index (Phi) is 2.94. The second-order valence-corrected chi connectivity index (χ2v) is 5.06. The van der Waals surface area contributed by atoms with Gasteiger partial charge in [0.05, 0.1) is 10.2 Å². The Hall–Kier alpha value is -1.94. The van der Waals surface area contributed by atoms with Crippen molar-refractivity contribution in [3.05, 3.63) is 53.2 Å². The summed E-state index contributed by atoms with van der Waals surface area (Å²) in [6.45, 7) is 0. The molecule has 0 saturated heterocycles. The second kappa shape index (κ2) is 4.74. The minimum atomic E-state index is 0.580. The Morgan fingerprint density at radius 1 is 1.06 bits per heavy atom. The van der Waals surface area contributed by atoms with E-state index in [4.69, 9.17) is 5.73 Å². The van der Waals surface area contributed by atoms with Gasteiger partial charge in [0, 0.05) is 0 Å². The van der Waals surface area contributed by atoms with Gasteiger partial charge in [0.2, 0.25) is 0 Å². The number of aromatic nitrogens is 2. The Morgan fingerprint density at radius 3 is 2.72 bits per heavy atom. The van der Waals surface area contributed by atoms with Crippen LogP contribution >= 0.6 is 11.3 Å². The first-order chi connectivity index (χ1) is 8.84. The van der Waals surface area contributed by atoms with Crippen LogP contribution in [0.1, 0.15) is 11.1 Å². The summed E-state index contributed by atoms with van der Waals surface area (Å²) in [4.78, 5) is 8.35. The largest absolute Gasteiger partial charge is 0.382 e. The van der Waals surface area contributed by atoms with E-state index < -0.39 is 0 Å². The van der Waals surface area contributed by atoms with E-state index in [1.807, 2.05) is 6.07 Å². The van der Waals surface area contributed by atoms with E-state index in [1.165, 1.54) is 17.5 Å². The van der Waals surface area contributed by atoms with E-state index in [2.05, 4.69) is 39.6 Å². The van der Waals surface area contributed by atoms with Gasteiger partial charge in [-0.25, -0.2) is 9.97 Å². The molecule has 0 aliphatic rings. The third-order valence-electron chi connectivity index (χ3n) is 2.98. The minimum absolute atomic E-state index is 0.580. The van der Waals surface area contributed by atoms with Crippen LogP contribution in [0.5, 0.6) is 0 Å². The van der Waals surface area contributed by atoms with Crippen LogP contribution in [-0.2, 0) is 12.8 Å². The molecule has 18 heavy (non-hydrogen) atoms. The highest BCUT2D eigenvalue weighted by Crippen LogP contribution is 2.28. The quantitative estimate of drug-likeness (QED) is 0.782. The number of hydrogen-bond acceptors (Lipinski definition) is 4. The number of aryl methyl sites for hydroxylation is 2. The molecule has 0 unspecified atom stereocenters. The predicted molar refractivity (Wildman–Crippen MR) is 75.7 cm³/mol. The van der Waals surface area contributed by atoms with E-state index in [9.17, 15) is 0 Å². The maximum absolute atomic E-state index is 5.84. The Morgan fingerprint density at radius 2 is 1.89 bits per heavy atom. The maximum atomic E-state index is 5.84. The van der Waals surface area contributed by atoms with Gasteiger partial charge in [-0.3, -0.25) is 0 Å². The Labute approximate surface area is 109 Å². The van der Waals surface area contributed by atoms with E-state index in [1.54, 1.807) is 11.3 Å². The number of nitrogens with two attached hydrogens (primary N) is 1. The lowest BCUT2D eigenvalue weighted by atomic mass is 10.1. The van der Waals surface area contributed by atoms with Crippen LogP contribution in [0.15, 0.2) is 42.0 Å². The number of anilines is 1. The molecule has 2 N–H and O–H groups in total. The lowest BCUT2D eigenvalue weighted by Crippen LogP contribution is -1.93. The normalized spacial score (nSPS) is 10.9. The molecule has 0 aliphatic carbocycles. The molecule has 3 aromatic rings. The van der Waals surface area contributed by atoms with Gasteiger partial charge in [-0.05, 0) is 29.3 Å². The molecule has 0 amide bonds. The number of benzene rings is 1. The highest BCUT2D eigenvalue weighted by atomic mass is 32.1. The van der Waals surface area contributed by atoms with Gasteiger partial charge < -0.3 is 5.73 Å². The number of nitrogen functional groups attached to an aromatic ring is 1. The van der Waals surface area contributed by atoms with Crippen LogP contribution < -0.4 is 5.73 Å². The molecule has 0 aliphatic heterocycles. The smallest absolute Gasteiger partial charge is 0.144 e. The Bertz CT molecular complexity index is 661. The predicted octanol–water partition coefficient (Wildman–Crippen LogP) is 3.06. The third kappa shape index (κ3) is 2.07. The van der Waals surface area contributed by atoms with Crippen molar-refractivity contribution in [1.29, 1.82) is 0 Å². The standard InChI is InChI=1S/C14H13N3S/c15-14-13-12(16-9-17-14)11(8-18-13)7-6-10-4-2-1-3-5-10/h1-5,8-9H,6-7H2,(H2,15,16,17). The molecule has 2 heterocycles. The first kappa shape index (κ1) is 11.2. The molecule has 3 nitrogen and oxygen atoms in total. The topological polar surface area (TPSA) is 51.8 Å². The highest BCUT2D eigenvalue weighted by molar-refractivity contribution is 7.17. The van der Waals surface area contributed by atoms with E-state index in [0.717, 1.165) is 23.1 Å². The minimum Gasteiger partial charge on any atom is -0.382 e. The first-order valence-electron chi connectivity index (χ1n) is 5.85. The molecule has 0 saturated carbocycles. The van der Waals surface area contributed by atoms with Gasteiger partial charge in [-0.2, -0.15) is 0 Å². The molecule has 3 rings (SSSR count). The summed E-state index contributed by atoms with van der Waals surface area (Å²) in [6, 6.07) is 10.5. The van der Waals surface area contributed by atoms with E-state index in [-0.39, 0.29) is 0 Å². The Balaban J connectivity index is 1.85. The van der Waals surface area contributed by atoms with Crippen LogP contribution in [0.2, 0.25) is 0 Å². The lowest BCUT2D eigenvalue weighted by Gasteiger charge is -2.00. The van der Waals surface area contributed by atoms with Gasteiger partial charge in [0.1, 0.15) is 12.1 Å². The van der Waals surface area contributed by atoms with Gasteiger partial charge in [0.15, 0.2) is 0 Å². The van der Waals surface area contributed by atoms with Crippen LogP contribution in [-0.4, -0.2) is 9.97 Å². The van der Waals surface area contributed by atoms with Crippen molar-refractivity contribution in [2.24, 2.45) is 0 Å². The molecular weight excluding hydrogens is 242 g/mol. The summed E-state index contributed by atoms with van der Waals surface area (Å²) >= 11 is 1.63. The number of thiophene rings is 1. The van der Waals surface area contributed by atoms with E-state index >= 15 is 0 Å². The molecule has 90 valence electrons. The average Bonchev–Trinajstić information content (AvgIpc) is 2.82. The maximum Gasteiger partial charge on any atom is 0.144 e. The fourth-order valence-electron chi connectivity index (χ4n) is 2.02. The summed E-state index contributed by atoms with van der Waals surface area (Å²) in [7, 11) is 0. The van der Waals surface area contributed by atoms with Gasteiger partial charge in [-0.1, -0.05) is 30.3 Å². The SMILES string of the molecule is Nc1ncnc2c(CCc3ccccc3)csc12. The zero-order chi connectivity index (χ0) is 12.4. The summed E-state index contributed by atoms with van der Waals surface area (Å²) in [6.07, 6.45) is 3.55. The highest BCUT2D eigenvalue weighted by Gasteiger charge is 2.08. The average molecular weight is 255 g/mol. The molecule has 0 spiro atoms. The van der Waals surface area contributed by atoms with Crippen molar-refractivity contribution in [2.75, 3.05) is 5.73 Å². The van der Waals surface area contributed by atoms with Crippen molar-refractivity contribution in [3.63, 3.8) is 0 Å². The fourth-order valence-corrected chi connectivity index (χ4v) is 2.98. The van der Waals surface area contributed by atoms with Crippen molar-refractivity contribution in [2.45, 2.75) is 12.8 Å². The van der Waals surface area contributed by atoms with Gasteiger partial charge in [-0.15, -0.1) is 11.3 Å². The molecule has 0 radical (unpaired) electrons. The summed E-state index contributed by atoms with van der Waals surface area (Å²) in [5, 5.41) is 2.14. The van der Waals surface area contributed by atoms with Crippen LogP contribution in [0.25, 0.3) is 10.2 Å². The van der Waals surface area contributed by atoms with Gasteiger partial charge >= 0.3 is 0 Å². The summed E-state index contributed by atoms with van der Waals surface area (Å²) in [5.41, 5.74) is 9.44. The second-order valence-electron chi connectivity index (χ2n) is 4.18. The van der Waals surface area contributed by atoms with Crippen molar-refractivity contribution >= 4 is 27.4 Å². The van der Waals surface area contributed by atoms with Gasteiger partial charge in [0.25, 0.3) is 0 Å². The third-order valence-corrected chi connectivity index (χ3v) is 4.02. The monoisotopic (exact) mass is 255 g/mol. The van der Waals surface area contributed by atoms with Crippen LogP contribution in [0.3, 0.4) is 0 Å². The lowest BCUT2D eigenvalue weighted by molar-refractivity contribution is 0.968. The molecule has 4 heteroatoms. The molecule has 2 aromatic heterocycles. The van der Waals surface area contributed by atoms with Crippen LogP contribution in [0.4, 0.5) is 5.82 Å².